The minimum atomic E-state index is -0.417. The van der Waals surface area contributed by atoms with Crippen LogP contribution in [0.15, 0.2) is 59.2 Å². The fraction of sp³-hybridized carbons (Fsp3) is 0.333. The molecule has 0 aliphatic carbocycles. The first-order valence-corrected chi connectivity index (χ1v) is 11.9. The number of methoxy groups -OCH3 is 2. The summed E-state index contributed by atoms with van der Waals surface area (Å²) in [5.74, 6) is 2.79. The molecule has 2 heterocycles. The first-order chi connectivity index (χ1) is 17.9. The smallest absolute Gasteiger partial charge is 0.322 e. The summed E-state index contributed by atoms with van der Waals surface area (Å²) >= 11 is 0. The van der Waals surface area contributed by atoms with Crippen LogP contribution < -0.4 is 24.3 Å². The Kier molecular flexibility index (Phi) is 8.07. The van der Waals surface area contributed by atoms with E-state index in [-0.39, 0.29) is 31.8 Å². The summed E-state index contributed by atoms with van der Waals surface area (Å²) in [5, 5.41) is 2.85. The van der Waals surface area contributed by atoms with Crippen LogP contribution in [0.5, 0.6) is 23.0 Å². The number of carbonyl (C=O) groups excluding carboxylic acids is 2. The number of nitrogens with zero attached hydrogens (tertiary/aromatic N) is 2. The van der Waals surface area contributed by atoms with Crippen LogP contribution in [0.2, 0.25) is 0 Å². The quantitative estimate of drug-likeness (QED) is 0.429. The number of anilines is 1. The van der Waals surface area contributed by atoms with E-state index in [9.17, 15) is 9.59 Å². The molecular weight excluding hydrogens is 478 g/mol. The van der Waals surface area contributed by atoms with Crippen molar-refractivity contribution < 1.29 is 33.0 Å². The molecule has 0 bridgehead atoms. The minimum absolute atomic E-state index is 0.129. The number of hydrogen-bond acceptors (Lipinski definition) is 7. The summed E-state index contributed by atoms with van der Waals surface area (Å²) in [6.07, 6.45) is 1.56. The predicted molar refractivity (Wildman–Crippen MR) is 136 cm³/mol. The molecule has 0 fully saturated rings. The average Bonchev–Trinajstić information content (AvgIpc) is 3.58. The van der Waals surface area contributed by atoms with E-state index in [0.717, 1.165) is 5.56 Å². The van der Waals surface area contributed by atoms with E-state index < -0.39 is 6.03 Å². The number of furan rings is 1. The molecule has 37 heavy (non-hydrogen) atoms. The lowest BCUT2D eigenvalue weighted by atomic mass is 10.1. The molecule has 0 spiro atoms. The molecule has 0 saturated carbocycles. The Morgan fingerprint density at radius 1 is 0.973 bits per heavy atom. The van der Waals surface area contributed by atoms with Gasteiger partial charge in [0.25, 0.3) is 0 Å². The lowest BCUT2D eigenvalue weighted by Crippen LogP contribution is -2.47. The van der Waals surface area contributed by atoms with Gasteiger partial charge in [-0.05, 0) is 43.7 Å². The molecule has 0 radical (unpaired) electrons. The normalized spacial score (nSPS) is 11.8. The van der Waals surface area contributed by atoms with Gasteiger partial charge in [-0.15, -0.1) is 0 Å². The SMILES string of the molecule is COc1cc(NC(=O)N(CC(=O)N(Cc2ccc3c(c2)OCO3)Cc2ccco2)C(C)C)cc(OC)c1. The van der Waals surface area contributed by atoms with E-state index >= 15 is 0 Å². The molecule has 1 aromatic heterocycles. The zero-order valence-electron chi connectivity index (χ0n) is 21.4. The largest absolute Gasteiger partial charge is 0.497 e. The Bertz CT molecular complexity index is 1200. The molecule has 3 aromatic rings. The molecule has 0 saturated heterocycles. The molecule has 0 atom stereocenters. The van der Waals surface area contributed by atoms with Crippen LogP contribution in [0, 0.1) is 0 Å². The van der Waals surface area contributed by atoms with Crippen molar-refractivity contribution in [3.05, 3.63) is 66.1 Å². The number of carbonyl (C=O) groups is 2. The van der Waals surface area contributed by atoms with Crippen molar-refractivity contribution in [1.29, 1.82) is 0 Å². The molecule has 0 unspecified atom stereocenters. The molecule has 10 heteroatoms. The van der Waals surface area contributed by atoms with Crippen molar-refractivity contribution >= 4 is 17.6 Å². The van der Waals surface area contributed by atoms with Gasteiger partial charge in [0.1, 0.15) is 23.8 Å². The van der Waals surface area contributed by atoms with Crippen LogP contribution in [0.3, 0.4) is 0 Å². The molecule has 10 nitrogen and oxygen atoms in total. The number of nitrogens with one attached hydrogen (secondary N) is 1. The fourth-order valence-corrected chi connectivity index (χ4v) is 3.89. The first-order valence-electron chi connectivity index (χ1n) is 11.9. The highest BCUT2D eigenvalue weighted by atomic mass is 16.7. The van der Waals surface area contributed by atoms with Crippen molar-refractivity contribution in [2.75, 3.05) is 32.9 Å². The van der Waals surface area contributed by atoms with Crippen LogP contribution in [0.4, 0.5) is 10.5 Å². The van der Waals surface area contributed by atoms with Gasteiger partial charge in [0.2, 0.25) is 12.7 Å². The second-order valence-corrected chi connectivity index (χ2v) is 8.77. The van der Waals surface area contributed by atoms with Crippen LogP contribution in [0.25, 0.3) is 0 Å². The molecule has 3 amide bonds. The van der Waals surface area contributed by atoms with E-state index in [4.69, 9.17) is 23.4 Å². The average molecular weight is 510 g/mol. The Morgan fingerprint density at radius 2 is 1.70 bits per heavy atom. The number of urea groups is 1. The third-order valence-electron chi connectivity index (χ3n) is 5.88. The van der Waals surface area contributed by atoms with Gasteiger partial charge in [0, 0.05) is 36.5 Å². The highest BCUT2D eigenvalue weighted by Crippen LogP contribution is 2.33. The van der Waals surface area contributed by atoms with Crippen LogP contribution in [-0.2, 0) is 17.9 Å². The minimum Gasteiger partial charge on any atom is -0.497 e. The summed E-state index contributed by atoms with van der Waals surface area (Å²) < 4.78 is 26.9. The Balaban J connectivity index is 1.50. The van der Waals surface area contributed by atoms with Gasteiger partial charge in [0.15, 0.2) is 11.5 Å². The second-order valence-electron chi connectivity index (χ2n) is 8.77. The monoisotopic (exact) mass is 509 g/mol. The number of fused-ring (bicyclic) bond motifs is 1. The van der Waals surface area contributed by atoms with Gasteiger partial charge in [-0.2, -0.15) is 0 Å². The van der Waals surface area contributed by atoms with E-state index in [1.54, 1.807) is 35.4 Å². The van der Waals surface area contributed by atoms with Gasteiger partial charge in [-0.1, -0.05) is 6.07 Å². The molecular formula is C27H31N3O7. The number of hydrogen-bond donors (Lipinski definition) is 1. The van der Waals surface area contributed by atoms with Crippen LogP contribution in [-0.4, -0.2) is 55.3 Å². The maximum atomic E-state index is 13.5. The lowest BCUT2D eigenvalue weighted by molar-refractivity contribution is -0.133. The van der Waals surface area contributed by atoms with Crippen molar-refractivity contribution in [2.24, 2.45) is 0 Å². The van der Waals surface area contributed by atoms with Crippen molar-refractivity contribution in [2.45, 2.75) is 33.0 Å². The van der Waals surface area contributed by atoms with E-state index in [1.807, 2.05) is 38.1 Å². The number of ether oxygens (including phenoxy) is 4. The van der Waals surface area contributed by atoms with Crippen molar-refractivity contribution in [1.82, 2.24) is 9.80 Å². The van der Waals surface area contributed by atoms with Crippen LogP contribution in [0.1, 0.15) is 25.2 Å². The fourth-order valence-electron chi connectivity index (χ4n) is 3.89. The highest BCUT2D eigenvalue weighted by Gasteiger charge is 2.25. The topological polar surface area (TPSA) is 103 Å². The first kappa shape index (κ1) is 25.7. The van der Waals surface area contributed by atoms with Crippen molar-refractivity contribution in [3.63, 3.8) is 0 Å². The van der Waals surface area contributed by atoms with E-state index in [2.05, 4.69) is 5.32 Å². The third-order valence-corrected chi connectivity index (χ3v) is 5.88. The van der Waals surface area contributed by atoms with Crippen LogP contribution >= 0.6 is 0 Å². The highest BCUT2D eigenvalue weighted by molar-refractivity contribution is 5.93. The lowest BCUT2D eigenvalue weighted by Gasteiger charge is -2.30. The standard InChI is InChI=1S/C27H31N3O7/c1-18(2)30(27(32)28-20-11-22(33-3)13-23(12-20)34-4)16-26(31)29(15-21-6-5-9-35-21)14-19-7-8-24-25(10-19)37-17-36-24/h5-13,18H,14-17H2,1-4H3,(H,28,32). The molecule has 1 aliphatic rings. The van der Waals surface area contributed by atoms with Gasteiger partial charge in [-0.25, -0.2) is 4.79 Å². The Labute approximate surface area is 215 Å². The zero-order chi connectivity index (χ0) is 26.4. The third kappa shape index (κ3) is 6.46. The summed E-state index contributed by atoms with van der Waals surface area (Å²) in [7, 11) is 3.07. The summed E-state index contributed by atoms with van der Waals surface area (Å²) in [5.41, 5.74) is 1.36. The van der Waals surface area contributed by atoms with Gasteiger partial charge >= 0.3 is 6.03 Å². The molecule has 1 N–H and O–H groups in total. The van der Waals surface area contributed by atoms with Gasteiger partial charge in [-0.3, -0.25) is 4.79 Å². The number of benzene rings is 2. The summed E-state index contributed by atoms with van der Waals surface area (Å²) in [6, 6.07) is 13.6. The molecule has 1 aliphatic heterocycles. The summed E-state index contributed by atoms with van der Waals surface area (Å²) in [4.78, 5) is 29.9. The summed E-state index contributed by atoms with van der Waals surface area (Å²) in [6.45, 7) is 4.31. The maximum absolute atomic E-state index is 13.5. The number of rotatable bonds is 10. The second kappa shape index (κ2) is 11.6. The number of amides is 3. The van der Waals surface area contributed by atoms with E-state index in [1.165, 1.54) is 19.1 Å². The van der Waals surface area contributed by atoms with Gasteiger partial charge in [0.05, 0.1) is 27.0 Å². The maximum Gasteiger partial charge on any atom is 0.322 e. The Hall–Kier alpha value is -4.34. The predicted octanol–water partition coefficient (Wildman–Crippen LogP) is 4.50. The van der Waals surface area contributed by atoms with Crippen molar-refractivity contribution in [3.8, 4) is 23.0 Å². The molecule has 2 aromatic carbocycles. The Morgan fingerprint density at radius 3 is 2.35 bits per heavy atom. The van der Waals surface area contributed by atoms with E-state index in [0.29, 0.717) is 41.0 Å². The molecule has 196 valence electrons. The molecule has 4 rings (SSSR count). The van der Waals surface area contributed by atoms with Gasteiger partial charge < -0.3 is 38.5 Å². The zero-order valence-corrected chi connectivity index (χ0v) is 21.4.